The van der Waals surface area contributed by atoms with Gasteiger partial charge >= 0.3 is 0 Å². The van der Waals surface area contributed by atoms with E-state index in [0.29, 0.717) is 5.56 Å². The van der Waals surface area contributed by atoms with Gasteiger partial charge in [0.25, 0.3) is 6.43 Å². The Kier molecular flexibility index (Phi) is 4.75. The lowest BCUT2D eigenvalue weighted by Gasteiger charge is -2.15. The fourth-order valence-electron chi connectivity index (χ4n) is 2.31. The maximum Gasteiger partial charge on any atom is 0.263 e. The molecule has 1 aromatic rings. The summed E-state index contributed by atoms with van der Waals surface area (Å²) >= 11 is 6.07. The predicted molar refractivity (Wildman–Crippen MR) is 70.4 cm³/mol. The molecule has 2 nitrogen and oxygen atoms in total. The van der Waals surface area contributed by atoms with Crippen LogP contribution in [0, 0.1) is 0 Å². The summed E-state index contributed by atoms with van der Waals surface area (Å²) in [4.78, 5) is 11.9. The van der Waals surface area contributed by atoms with Gasteiger partial charge in [0.2, 0.25) is 5.91 Å². The number of alkyl halides is 3. The monoisotopic (exact) mass is 287 g/mol. The second-order valence-electron chi connectivity index (χ2n) is 4.82. The molecule has 1 aliphatic carbocycles. The Hall–Kier alpha value is -1.16. The molecule has 5 heteroatoms. The van der Waals surface area contributed by atoms with Crippen molar-refractivity contribution in [3.8, 4) is 0 Å². The van der Waals surface area contributed by atoms with Crippen molar-refractivity contribution in [3.05, 3.63) is 35.4 Å². The van der Waals surface area contributed by atoms with Gasteiger partial charge in [0.15, 0.2) is 0 Å². The first-order chi connectivity index (χ1) is 9.08. The summed E-state index contributed by atoms with van der Waals surface area (Å²) < 4.78 is 24.8. The summed E-state index contributed by atoms with van der Waals surface area (Å²) in [5.74, 6) is -0.252. The Balaban J connectivity index is 1.97. The van der Waals surface area contributed by atoms with Crippen LogP contribution in [0.2, 0.25) is 0 Å². The average molecular weight is 288 g/mol. The summed E-state index contributed by atoms with van der Waals surface area (Å²) in [7, 11) is 0. The highest BCUT2D eigenvalue weighted by atomic mass is 35.5. The van der Waals surface area contributed by atoms with Gasteiger partial charge in [-0.25, -0.2) is 8.78 Å². The van der Waals surface area contributed by atoms with E-state index < -0.39 is 11.8 Å². The average Bonchev–Trinajstić information content (AvgIpc) is 2.90. The molecular formula is C14H16ClF2NO. The predicted octanol–water partition coefficient (Wildman–Crippen LogP) is 3.96. The first kappa shape index (κ1) is 14.3. The molecule has 1 N–H and O–H groups in total. The SMILES string of the molecule is O=C(NC1CCCC1)C(Cl)c1ccc(C(F)F)cc1. The highest BCUT2D eigenvalue weighted by Gasteiger charge is 2.23. The van der Waals surface area contributed by atoms with Gasteiger partial charge in [-0.1, -0.05) is 37.1 Å². The number of nitrogens with one attached hydrogen (secondary N) is 1. The molecule has 1 fully saturated rings. The molecule has 1 aliphatic rings. The van der Waals surface area contributed by atoms with E-state index >= 15 is 0 Å². The number of amides is 1. The van der Waals surface area contributed by atoms with Crippen LogP contribution in [0.3, 0.4) is 0 Å². The molecular weight excluding hydrogens is 272 g/mol. The zero-order chi connectivity index (χ0) is 13.8. The maximum atomic E-state index is 12.4. The highest BCUT2D eigenvalue weighted by molar-refractivity contribution is 6.30. The van der Waals surface area contributed by atoms with Crippen LogP contribution in [0.5, 0.6) is 0 Å². The lowest BCUT2D eigenvalue weighted by molar-refractivity contribution is -0.121. The molecule has 1 aromatic carbocycles. The minimum absolute atomic E-state index is 0.0659. The van der Waals surface area contributed by atoms with Crippen LogP contribution in [-0.4, -0.2) is 11.9 Å². The number of carbonyl (C=O) groups excluding carboxylic acids is 1. The smallest absolute Gasteiger partial charge is 0.263 e. The Bertz CT molecular complexity index is 430. The minimum atomic E-state index is -2.50. The van der Waals surface area contributed by atoms with Gasteiger partial charge < -0.3 is 5.32 Å². The van der Waals surface area contributed by atoms with Crippen molar-refractivity contribution in [3.63, 3.8) is 0 Å². The first-order valence-corrected chi connectivity index (χ1v) is 6.84. The van der Waals surface area contributed by atoms with Crippen molar-refractivity contribution >= 4 is 17.5 Å². The number of carbonyl (C=O) groups is 1. The number of hydrogen-bond acceptors (Lipinski definition) is 1. The largest absolute Gasteiger partial charge is 0.352 e. The second kappa shape index (κ2) is 6.33. The zero-order valence-electron chi connectivity index (χ0n) is 10.4. The van der Waals surface area contributed by atoms with Gasteiger partial charge in [-0.05, 0) is 18.4 Å². The van der Waals surface area contributed by atoms with Crippen molar-refractivity contribution in [2.45, 2.75) is 43.5 Å². The summed E-state index contributed by atoms with van der Waals surface area (Å²) in [6, 6.07) is 5.77. The second-order valence-corrected chi connectivity index (χ2v) is 5.26. The van der Waals surface area contributed by atoms with E-state index in [4.69, 9.17) is 11.6 Å². The lowest BCUT2D eigenvalue weighted by atomic mass is 10.1. The van der Waals surface area contributed by atoms with Crippen molar-refractivity contribution in [1.29, 1.82) is 0 Å². The number of hydrogen-bond donors (Lipinski definition) is 1. The van der Waals surface area contributed by atoms with Crippen molar-refractivity contribution in [2.75, 3.05) is 0 Å². The number of benzene rings is 1. The molecule has 0 aliphatic heterocycles. The van der Waals surface area contributed by atoms with E-state index in [9.17, 15) is 13.6 Å². The highest BCUT2D eigenvalue weighted by Crippen LogP contribution is 2.26. The van der Waals surface area contributed by atoms with E-state index in [1.807, 2.05) is 0 Å². The molecule has 0 heterocycles. The van der Waals surface area contributed by atoms with E-state index in [2.05, 4.69) is 5.32 Å². The van der Waals surface area contributed by atoms with Gasteiger partial charge in [0, 0.05) is 11.6 Å². The van der Waals surface area contributed by atoms with Gasteiger partial charge in [-0.3, -0.25) is 4.79 Å². The van der Waals surface area contributed by atoms with Crippen LogP contribution in [0.4, 0.5) is 8.78 Å². The fraction of sp³-hybridized carbons (Fsp3) is 0.500. The van der Waals surface area contributed by atoms with E-state index in [1.165, 1.54) is 24.3 Å². The van der Waals surface area contributed by atoms with E-state index in [-0.39, 0.29) is 17.5 Å². The third-order valence-electron chi connectivity index (χ3n) is 3.41. The topological polar surface area (TPSA) is 29.1 Å². The molecule has 19 heavy (non-hydrogen) atoms. The van der Waals surface area contributed by atoms with Gasteiger partial charge in [-0.15, -0.1) is 11.6 Å². The first-order valence-electron chi connectivity index (χ1n) is 6.40. The molecule has 0 bridgehead atoms. The Labute approximate surface area is 116 Å². The molecule has 1 unspecified atom stereocenters. The summed E-state index contributed by atoms with van der Waals surface area (Å²) in [5.41, 5.74) is 0.477. The number of halogens is 3. The standard InChI is InChI=1S/C14H16ClF2NO/c15-12(14(19)18-11-3-1-2-4-11)9-5-7-10(8-6-9)13(16)17/h5-8,11-13H,1-4H2,(H,18,19). The summed E-state index contributed by atoms with van der Waals surface area (Å²) in [5, 5.41) is 2.07. The van der Waals surface area contributed by atoms with E-state index in [0.717, 1.165) is 25.7 Å². The molecule has 0 spiro atoms. The maximum absolute atomic E-state index is 12.4. The van der Waals surface area contributed by atoms with Crippen LogP contribution in [0.25, 0.3) is 0 Å². The van der Waals surface area contributed by atoms with Crippen LogP contribution < -0.4 is 5.32 Å². The minimum Gasteiger partial charge on any atom is -0.352 e. The molecule has 104 valence electrons. The molecule has 0 radical (unpaired) electrons. The van der Waals surface area contributed by atoms with Gasteiger partial charge in [-0.2, -0.15) is 0 Å². The van der Waals surface area contributed by atoms with Crippen LogP contribution in [0.1, 0.15) is 48.6 Å². The zero-order valence-corrected chi connectivity index (χ0v) is 11.2. The molecule has 0 aromatic heterocycles. The van der Waals surface area contributed by atoms with Gasteiger partial charge in [0.05, 0.1) is 0 Å². The normalized spacial score (nSPS) is 17.7. The van der Waals surface area contributed by atoms with Gasteiger partial charge in [0.1, 0.15) is 5.38 Å². The molecule has 0 saturated heterocycles. The third kappa shape index (κ3) is 3.66. The molecule has 1 amide bonds. The third-order valence-corrected chi connectivity index (χ3v) is 3.86. The summed E-state index contributed by atoms with van der Waals surface area (Å²) in [6.45, 7) is 0. The fourth-order valence-corrected chi connectivity index (χ4v) is 2.51. The van der Waals surface area contributed by atoms with Crippen LogP contribution in [-0.2, 0) is 4.79 Å². The molecule has 1 atom stereocenters. The van der Waals surface area contributed by atoms with Crippen LogP contribution >= 0.6 is 11.6 Å². The Morgan fingerprint density at radius 1 is 1.16 bits per heavy atom. The lowest BCUT2D eigenvalue weighted by Crippen LogP contribution is -2.34. The van der Waals surface area contributed by atoms with Crippen molar-refractivity contribution < 1.29 is 13.6 Å². The van der Waals surface area contributed by atoms with Crippen LogP contribution in [0.15, 0.2) is 24.3 Å². The van der Waals surface area contributed by atoms with E-state index in [1.54, 1.807) is 0 Å². The number of rotatable bonds is 4. The quantitative estimate of drug-likeness (QED) is 0.834. The molecule has 1 saturated carbocycles. The van der Waals surface area contributed by atoms with Crippen molar-refractivity contribution in [2.24, 2.45) is 0 Å². The molecule has 2 rings (SSSR count). The Morgan fingerprint density at radius 2 is 1.68 bits per heavy atom. The Morgan fingerprint density at radius 3 is 2.21 bits per heavy atom. The summed E-state index contributed by atoms with van der Waals surface area (Å²) in [6.07, 6.45) is 1.72. The van der Waals surface area contributed by atoms with Crippen molar-refractivity contribution in [1.82, 2.24) is 5.32 Å².